The van der Waals surface area contributed by atoms with E-state index in [2.05, 4.69) is 15.3 Å². The number of H-pyrrole nitrogens is 1. The second-order valence-electron chi connectivity index (χ2n) is 4.55. The van der Waals surface area contributed by atoms with E-state index in [4.69, 9.17) is 20.0 Å². The van der Waals surface area contributed by atoms with E-state index >= 15 is 0 Å². The second kappa shape index (κ2) is 7.11. The molecule has 0 aliphatic carbocycles. The average molecular weight is 322 g/mol. The number of rotatable bonds is 6. The molecule has 0 saturated carbocycles. The Labute approximate surface area is 129 Å². The van der Waals surface area contributed by atoms with Crippen LogP contribution in [-0.4, -0.2) is 33.1 Å². The highest BCUT2D eigenvalue weighted by Crippen LogP contribution is 2.05. The molecule has 0 aliphatic heterocycles. The molecule has 0 unspecified atom stereocenters. The van der Waals surface area contributed by atoms with Gasteiger partial charge in [-0.05, 0) is 0 Å². The summed E-state index contributed by atoms with van der Waals surface area (Å²) in [5.41, 5.74) is 5.16. The van der Waals surface area contributed by atoms with Crippen molar-refractivity contribution < 1.29 is 23.8 Å². The number of nitrogens with zero attached hydrogens (tertiary/aromatic N) is 1. The van der Waals surface area contributed by atoms with Crippen molar-refractivity contribution >= 4 is 12.0 Å². The topological polar surface area (TPSA) is 161 Å². The lowest BCUT2D eigenvalue weighted by molar-refractivity contribution is -0.119. The Morgan fingerprint density at radius 1 is 1.52 bits per heavy atom. The zero-order chi connectivity index (χ0) is 16.8. The van der Waals surface area contributed by atoms with Gasteiger partial charge in [0.25, 0.3) is 0 Å². The van der Waals surface area contributed by atoms with Gasteiger partial charge in [0, 0.05) is 24.4 Å². The number of aromatic hydroxyl groups is 1. The summed E-state index contributed by atoms with van der Waals surface area (Å²) in [5, 5.41) is 11.3. The summed E-state index contributed by atoms with van der Waals surface area (Å²) < 4.78 is 9.69. The molecule has 2 amide bonds. The SMILES string of the molecule is NC(=O)[C@H](Cc1cnc[nH]1)NC(=O)OCc1cc(=O)c(O)co1. The van der Waals surface area contributed by atoms with E-state index in [0.717, 1.165) is 12.3 Å². The van der Waals surface area contributed by atoms with Crippen LogP contribution in [0, 0.1) is 0 Å². The summed E-state index contributed by atoms with van der Waals surface area (Å²) in [4.78, 5) is 40.8. The molecule has 2 aromatic heterocycles. The van der Waals surface area contributed by atoms with Crippen LogP contribution in [0.2, 0.25) is 0 Å². The number of ether oxygens (including phenoxy) is 1. The summed E-state index contributed by atoms with van der Waals surface area (Å²) in [7, 11) is 0. The van der Waals surface area contributed by atoms with Crippen molar-refractivity contribution in [2.24, 2.45) is 5.73 Å². The number of amides is 2. The number of hydrogen-bond donors (Lipinski definition) is 4. The predicted molar refractivity (Wildman–Crippen MR) is 75.2 cm³/mol. The normalized spacial score (nSPS) is 11.7. The number of nitrogens with one attached hydrogen (secondary N) is 2. The zero-order valence-corrected chi connectivity index (χ0v) is 11.8. The maximum Gasteiger partial charge on any atom is 0.408 e. The number of carbonyl (C=O) groups is 2. The van der Waals surface area contributed by atoms with Crippen molar-refractivity contribution in [2.45, 2.75) is 19.1 Å². The third-order valence-corrected chi connectivity index (χ3v) is 2.83. The number of aromatic amines is 1. The lowest BCUT2D eigenvalue weighted by Crippen LogP contribution is -2.46. The Hall–Kier alpha value is -3.30. The molecule has 0 fully saturated rings. The Morgan fingerprint density at radius 3 is 2.91 bits per heavy atom. The van der Waals surface area contributed by atoms with E-state index < -0.39 is 29.2 Å². The molecule has 10 nitrogen and oxygen atoms in total. The zero-order valence-electron chi connectivity index (χ0n) is 11.8. The predicted octanol–water partition coefficient (Wildman–Crippen LogP) is -0.609. The van der Waals surface area contributed by atoms with Crippen molar-refractivity contribution in [3.05, 3.63) is 46.5 Å². The van der Waals surface area contributed by atoms with Gasteiger partial charge in [-0.1, -0.05) is 0 Å². The van der Waals surface area contributed by atoms with Gasteiger partial charge in [-0.2, -0.15) is 0 Å². The molecular formula is C13H14N4O6. The number of alkyl carbamates (subject to hydrolysis) is 1. The number of aromatic nitrogens is 2. The Kier molecular flexibility index (Phi) is 4.97. The molecule has 2 rings (SSSR count). The highest BCUT2D eigenvalue weighted by Gasteiger charge is 2.20. The monoisotopic (exact) mass is 322 g/mol. The highest BCUT2D eigenvalue weighted by atomic mass is 16.6. The molecule has 0 spiro atoms. The van der Waals surface area contributed by atoms with Gasteiger partial charge >= 0.3 is 6.09 Å². The minimum absolute atomic E-state index is 0.0344. The minimum Gasteiger partial charge on any atom is -0.502 e. The first-order valence-corrected chi connectivity index (χ1v) is 6.46. The molecule has 0 aliphatic rings. The van der Waals surface area contributed by atoms with Crippen LogP contribution in [0.4, 0.5) is 4.79 Å². The standard InChI is InChI=1S/C13H14N4O6/c14-12(20)9(1-7-3-15-6-16-7)17-13(21)23-4-8-2-10(18)11(19)5-22-8/h2-3,5-6,9,19H,1,4H2,(H2,14,20)(H,15,16)(H,17,21)/t9-/m0/s1. The van der Waals surface area contributed by atoms with Gasteiger partial charge in [-0.25, -0.2) is 9.78 Å². The van der Waals surface area contributed by atoms with Gasteiger partial charge in [-0.3, -0.25) is 9.59 Å². The lowest BCUT2D eigenvalue weighted by atomic mass is 10.1. The first-order valence-electron chi connectivity index (χ1n) is 6.46. The molecule has 5 N–H and O–H groups in total. The molecule has 0 saturated heterocycles. The van der Waals surface area contributed by atoms with Crippen LogP contribution in [0.1, 0.15) is 11.5 Å². The number of imidazole rings is 1. The van der Waals surface area contributed by atoms with Gasteiger partial charge in [0.15, 0.2) is 12.4 Å². The third-order valence-electron chi connectivity index (χ3n) is 2.83. The number of nitrogens with two attached hydrogens (primary N) is 1. The van der Waals surface area contributed by atoms with Gasteiger partial charge in [-0.15, -0.1) is 0 Å². The van der Waals surface area contributed by atoms with Crippen molar-refractivity contribution in [1.82, 2.24) is 15.3 Å². The second-order valence-corrected chi connectivity index (χ2v) is 4.55. The van der Waals surface area contributed by atoms with Crippen LogP contribution in [-0.2, 0) is 22.6 Å². The van der Waals surface area contributed by atoms with Crippen molar-refractivity contribution in [2.75, 3.05) is 0 Å². The summed E-state index contributed by atoms with van der Waals surface area (Å²) in [6.07, 6.45) is 2.97. The van der Waals surface area contributed by atoms with Crippen molar-refractivity contribution in [3.63, 3.8) is 0 Å². The Morgan fingerprint density at radius 2 is 2.30 bits per heavy atom. The summed E-state index contributed by atoms with van der Waals surface area (Å²) in [5.74, 6) is -1.26. The fourth-order valence-corrected chi connectivity index (χ4v) is 1.68. The van der Waals surface area contributed by atoms with Gasteiger partial charge < -0.3 is 30.3 Å². The largest absolute Gasteiger partial charge is 0.502 e. The fraction of sp³-hybridized carbons (Fsp3) is 0.231. The van der Waals surface area contributed by atoms with Gasteiger partial charge in [0.1, 0.15) is 18.1 Å². The first kappa shape index (κ1) is 16.1. The Bertz CT molecular complexity index is 739. The Balaban J connectivity index is 1.90. The van der Waals surface area contributed by atoms with E-state index in [1.807, 2.05) is 0 Å². The minimum atomic E-state index is -0.991. The fourth-order valence-electron chi connectivity index (χ4n) is 1.68. The quantitative estimate of drug-likeness (QED) is 0.551. The van der Waals surface area contributed by atoms with Crippen LogP contribution in [0.3, 0.4) is 0 Å². The molecule has 0 bridgehead atoms. The van der Waals surface area contributed by atoms with Crippen LogP contribution in [0.5, 0.6) is 5.75 Å². The van der Waals surface area contributed by atoms with Crippen LogP contribution in [0.25, 0.3) is 0 Å². The number of primary amides is 1. The van der Waals surface area contributed by atoms with Crippen LogP contribution >= 0.6 is 0 Å². The maximum absolute atomic E-state index is 11.7. The number of hydrogen-bond acceptors (Lipinski definition) is 7. The third kappa shape index (κ3) is 4.59. The summed E-state index contributed by atoms with van der Waals surface area (Å²) in [6.45, 7) is -0.350. The molecule has 0 aromatic carbocycles. The van der Waals surface area contributed by atoms with Gasteiger partial charge in [0.05, 0.1) is 6.33 Å². The molecule has 1 atom stereocenters. The molecule has 122 valence electrons. The maximum atomic E-state index is 11.7. The molecule has 23 heavy (non-hydrogen) atoms. The van der Waals surface area contributed by atoms with E-state index in [0.29, 0.717) is 5.69 Å². The van der Waals surface area contributed by atoms with E-state index in [1.54, 1.807) is 0 Å². The first-order chi connectivity index (χ1) is 11.0. The van der Waals surface area contributed by atoms with Gasteiger partial charge in [0.2, 0.25) is 11.3 Å². The van der Waals surface area contributed by atoms with Crippen molar-refractivity contribution in [3.8, 4) is 5.75 Å². The summed E-state index contributed by atoms with van der Waals surface area (Å²) >= 11 is 0. The smallest absolute Gasteiger partial charge is 0.408 e. The molecular weight excluding hydrogens is 308 g/mol. The highest BCUT2D eigenvalue weighted by molar-refractivity contribution is 5.84. The molecule has 2 heterocycles. The van der Waals surface area contributed by atoms with E-state index in [9.17, 15) is 14.4 Å². The van der Waals surface area contributed by atoms with Crippen LogP contribution in [0.15, 0.2) is 34.1 Å². The van der Waals surface area contributed by atoms with E-state index in [1.165, 1.54) is 12.5 Å². The van der Waals surface area contributed by atoms with Crippen LogP contribution < -0.4 is 16.5 Å². The van der Waals surface area contributed by atoms with E-state index in [-0.39, 0.29) is 18.8 Å². The molecule has 0 radical (unpaired) electrons. The molecule has 2 aromatic rings. The molecule has 10 heteroatoms. The lowest BCUT2D eigenvalue weighted by Gasteiger charge is -2.14. The summed E-state index contributed by atoms with van der Waals surface area (Å²) in [6, 6.07) is -0.00605. The van der Waals surface area contributed by atoms with Crippen molar-refractivity contribution in [1.29, 1.82) is 0 Å². The number of carbonyl (C=O) groups excluding carboxylic acids is 2. The average Bonchev–Trinajstić information content (AvgIpc) is 3.01.